The lowest BCUT2D eigenvalue weighted by molar-refractivity contribution is -0.116. The van der Waals surface area contributed by atoms with Crippen LogP contribution in [0.25, 0.3) is 0 Å². The zero-order chi connectivity index (χ0) is 15.7. The average molecular weight is 300 g/mol. The van der Waals surface area contributed by atoms with Crippen LogP contribution in [0.15, 0.2) is 30.3 Å². The minimum absolute atomic E-state index is 0.0918. The lowest BCUT2D eigenvalue weighted by Gasteiger charge is -2.27. The van der Waals surface area contributed by atoms with Gasteiger partial charge in [0.05, 0.1) is 0 Å². The SMILES string of the molecule is CN(C)C(=O)N1C[C@@H]2C[C@@](C=O)(Cc3ccccc3)C[C@@H]2C1. The lowest BCUT2D eigenvalue weighted by atomic mass is 9.80. The Morgan fingerprint density at radius 3 is 2.32 bits per heavy atom. The van der Waals surface area contributed by atoms with Gasteiger partial charge in [-0.2, -0.15) is 0 Å². The molecular formula is C18H24N2O2. The van der Waals surface area contributed by atoms with Crippen LogP contribution >= 0.6 is 0 Å². The molecule has 3 rings (SSSR count). The largest absolute Gasteiger partial charge is 0.331 e. The zero-order valence-electron chi connectivity index (χ0n) is 13.4. The first-order valence-corrected chi connectivity index (χ1v) is 7.99. The maximum absolute atomic E-state index is 12.1. The topological polar surface area (TPSA) is 40.6 Å². The van der Waals surface area contributed by atoms with Crippen molar-refractivity contribution in [2.45, 2.75) is 19.3 Å². The highest BCUT2D eigenvalue weighted by molar-refractivity contribution is 5.74. The maximum atomic E-state index is 12.1. The molecular weight excluding hydrogens is 276 g/mol. The molecule has 1 aliphatic heterocycles. The Kier molecular flexibility index (Phi) is 3.94. The summed E-state index contributed by atoms with van der Waals surface area (Å²) in [5.41, 5.74) is 1.00. The Bertz CT molecular complexity index is 541. The summed E-state index contributed by atoms with van der Waals surface area (Å²) in [5, 5.41) is 0. The second kappa shape index (κ2) is 5.75. The Labute approximate surface area is 132 Å². The molecule has 22 heavy (non-hydrogen) atoms. The first-order valence-electron chi connectivity index (χ1n) is 7.99. The number of carbonyl (C=O) groups is 2. The molecule has 2 fully saturated rings. The number of hydrogen-bond donors (Lipinski definition) is 0. The van der Waals surface area contributed by atoms with Crippen molar-refractivity contribution >= 4 is 12.3 Å². The van der Waals surface area contributed by atoms with E-state index in [1.807, 2.05) is 23.1 Å². The third-order valence-electron chi connectivity index (χ3n) is 5.22. The van der Waals surface area contributed by atoms with Gasteiger partial charge in [0.1, 0.15) is 6.29 Å². The fraction of sp³-hybridized carbons (Fsp3) is 0.556. The summed E-state index contributed by atoms with van der Waals surface area (Å²) in [6.07, 6.45) is 3.82. The van der Waals surface area contributed by atoms with Crippen LogP contribution in [-0.2, 0) is 11.2 Å². The highest BCUT2D eigenvalue weighted by Crippen LogP contribution is 2.49. The van der Waals surface area contributed by atoms with Gasteiger partial charge in [0.15, 0.2) is 0 Å². The molecule has 0 aromatic heterocycles. The molecule has 0 spiro atoms. The summed E-state index contributed by atoms with van der Waals surface area (Å²) >= 11 is 0. The van der Waals surface area contributed by atoms with Crippen LogP contribution in [0.5, 0.6) is 0 Å². The van der Waals surface area contributed by atoms with Crippen LogP contribution < -0.4 is 0 Å². The average Bonchev–Trinajstić information content (AvgIpc) is 3.03. The Hall–Kier alpha value is -1.84. The number of benzene rings is 1. The predicted octanol–water partition coefficient (Wildman–Crippen LogP) is 2.44. The van der Waals surface area contributed by atoms with E-state index < -0.39 is 0 Å². The highest BCUT2D eigenvalue weighted by atomic mass is 16.2. The van der Waals surface area contributed by atoms with Gasteiger partial charge < -0.3 is 14.6 Å². The Morgan fingerprint density at radius 2 is 1.82 bits per heavy atom. The Morgan fingerprint density at radius 1 is 1.23 bits per heavy atom. The van der Waals surface area contributed by atoms with Gasteiger partial charge in [0.25, 0.3) is 0 Å². The van der Waals surface area contributed by atoms with E-state index in [-0.39, 0.29) is 11.4 Å². The number of hydrogen-bond acceptors (Lipinski definition) is 2. The quantitative estimate of drug-likeness (QED) is 0.805. The van der Waals surface area contributed by atoms with E-state index in [1.54, 1.807) is 19.0 Å². The van der Waals surface area contributed by atoms with E-state index in [1.165, 1.54) is 11.8 Å². The minimum atomic E-state index is -0.232. The molecule has 4 nitrogen and oxygen atoms in total. The first kappa shape index (κ1) is 15.1. The standard InChI is InChI=1S/C18H24N2O2/c1-19(2)17(22)20-11-15-9-18(13-21,10-16(15)12-20)8-14-6-4-3-5-7-14/h3-7,13,15-16H,8-12H2,1-2H3/t15-,16+,18-. The molecule has 4 heteroatoms. The van der Waals surface area contributed by atoms with Gasteiger partial charge in [-0.1, -0.05) is 30.3 Å². The van der Waals surface area contributed by atoms with Crippen LogP contribution in [0.1, 0.15) is 18.4 Å². The maximum Gasteiger partial charge on any atom is 0.319 e. The van der Waals surface area contributed by atoms with E-state index in [4.69, 9.17) is 0 Å². The number of nitrogens with zero attached hydrogens (tertiary/aromatic N) is 2. The number of likely N-dealkylation sites (tertiary alicyclic amines) is 1. The van der Waals surface area contributed by atoms with Gasteiger partial charge in [-0.3, -0.25) is 0 Å². The van der Waals surface area contributed by atoms with Gasteiger partial charge >= 0.3 is 6.03 Å². The monoisotopic (exact) mass is 300 g/mol. The number of rotatable bonds is 3. The van der Waals surface area contributed by atoms with Gasteiger partial charge in [0.2, 0.25) is 0 Å². The molecule has 0 radical (unpaired) electrons. The minimum Gasteiger partial charge on any atom is -0.331 e. The van der Waals surface area contributed by atoms with Crippen molar-refractivity contribution in [1.82, 2.24) is 9.80 Å². The molecule has 0 bridgehead atoms. The summed E-state index contributed by atoms with van der Waals surface area (Å²) < 4.78 is 0. The van der Waals surface area contributed by atoms with Crippen LogP contribution in [-0.4, -0.2) is 49.3 Å². The van der Waals surface area contributed by atoms with Crippen LogP contribution in [0.2, 0.25) is 0 Å². The van der Waals surface area contributed by atoms with Gasteiger partial charge in [-0.05, 0) is 36.7 Å². The van der Waals surface area contributed by atoms with Crippen LogP contribution in [0.3, 0.4) is 0 Å². The van der Waals surface area contributed by atoms with Crippen molar-refractivity contribution in [2.24, 2.45) is 17.3 Å². The number of amides is 2. The molecule has 1 heterocycles. The van der Waals surface area contributed by atoms with Gasteiger partial charge in [0, 0.05) is 32.6 Å². The molecule has 1 aromatic rings. The second-order valence-electron chi connectivity index (χ2n) is 7.15. The summed E-state index contributed by atoms with van der Waals surface area (Å²) in [6, 6.07) is 10.4. The van der Waals surface area contributed by atoms with Crippen molar-refractivity contribution in [3.8, 4) is 0 Å². The third-order valence-corrected chi connectivity index (χ3v) is 5.22. The normalized spacial score (nSPS) is 30.2. The number of carbonyl (C=O) groups excluding carboxylic acids is 2. The van der Waals surface area contributed by atoms with Crippen molar-refractivity contribution in [1.29, 1.82) is 0 Å². The molecule has 0 unspecified atom stereocenters. The van der Waals surface area contributed by atoms with E-state index in [9.17, 15) is 9.59 Å². The summed E-state index contributed by atoms with van der Waals surface area (Å²) in [4.78, 5) is 27.5. The van der Waals surface area contributed by atoms with Crippen molar-refractivity contribution < 1.29 is 9.59 Å². The second-order valence-corrected chi connectivity index (χ2v) is 7.15. The van der Waals surface area contributed by atoms with E-state index in [0.29, 0.717) is 11.8 Å². The fourth-order valence-electron chi connectivity index (χ4n) is 4.25. The van der Waals surface area contributed by atoms with E-state index in [2.05, 4.69) is 12.1 Å². The molecule has 118 valence electrons. The summed E-state index contributed by atoms with van der Waals surface area (Å²) in [7, 11) is 3.59. The fourth-order valence-corrected chi connectivity index (χ4v) is 4.25. The van der Waals surface area contributed by atoms with E-state index in [0.717, 1.165) is 32.4 Å². The molecule has 2 aliphatic rings. The van der Waals surface area contributed by atoms with Crippen LogP contribution in [0, 0.1) is 17.3 Å². The van der Waals surface area contributed by atoms with Crippen molar-refractivity contribution in [3.05, 3.63) is 35.9 Å². The van der Waals surface area contributed by atoms with Crippen molar-refractivity contribution in [3.63, 3.8) is 0 Å². The molecule has 1 aliphatic carbocycles. The van der Waals surface area contributed by atoms with Gasteiger partial charge in [-0.25, -0.2) is 4.79 Å². The molecule has 2 amide bonds. The zero-order valence-corrected chi connectivity index (χ0v) is 13.4. The Balaban J connectivity index is 1.68. The molecule has 3 atom stereocenters. The molecule has 0 N–H and O–H groups in total. The van der Waals surface area contributed by atoms with E-state index >= 15 is 0 Å². The first-order chi connectivity index (χ1) is 10.5. The van der Waals surface area contributed by atoms with Gasteiger partial charge in [-0.15, -0.1) is 0 Å². The van der Waals surface area contributed by atoms with Crippen molar-refractivity contribution in [2.75, 3.05) is 27.2 Å². The number of urea groups is 1. The summed E-state index contributed by atoms with van der Waals surface area (Å²) in [5.74, 6) is 0.940. The predicted molar refractivity (Wildman–Crippen MR) is 85.5 cm³/mol. The summed E-state index contributed by atoms with van der Waals surface area (Å²) in [6.45, 7) is 1.60. The lowest BCUT2D eigenvalue weighted by Crippen LogP contribution is -2.39. The molecule has 1 saturated heterocycles. The molecule has 1 aromatic carbocycles. The number of aldehydes is 1. The number of fused-ring (bicyclic) bond motifs is 1. The van der Waals surface area contributed by atoms with Crippen LogP contribution in [0.4, 0.5) is 4.79 Å². The highest BCUT2D eigenvalue weighted by Gasteiger charge is 2.50. The smallest absolute Gasteiger partial charge is 0.319 e. The molecule has 1 saturated carbocycles. The third kappa shape index (κ3) is 2.74.